The Hall–Kier alpha value is -3.83. The number of pyridine rings is 1. The number of hydrogen-bond acceptors (Lipinski definition) is 8. The number of rotatable bonds is 15. The molecule has 3 amide bonds. The van der Waals surface area contributed by atoms with E-state index in [1.165, 1.54) is 26.0 Å². The predicted octanol–water partition coefficient (Wildman–Crippen LogP) is 3.83. The minimum Gasteiger partial charge on any atom is -0.482 e. The number of benzene rings is 1. The molecule has 0 spiro atoms. The monoisotopic (exact) mass is 691 g/mol. The van der Waals surface area contributed by atoms with Crippen molar-refractivity contribution in [3.8, 4) is 5.75 Å². The van der Waals surface area contributed by atoms with Crippen LogP contribution in [0.1, 0.15) is 85.6 Å². The van der Waals surface area contributed by atoms with Gasteiger partial charge in [0.1, 0.15) is 17.6 Å². The summed E-state index contributed by atoms with van der Waals surface area (Å²) in [4.78, 5) is 59.4. The molecule has 0 radical (unpaired) electrons. The number of nitrogens with zero attached hydrogens (tertiary/aromatic N) is 2. The van der Waals surface area contributed by atoms with Gasteiger partial charge in [0.25, 0.3) is 5.91 Å². The largest absolute Gasteiger partial charge is 0.482 e. The van der Waals surface area contributed by atoms with E-state index in [1.807, 2.05) is 51.1 Å². The SMILES string of the molecule is CC(=O)CC(C)(C)[C@H](NC(=O)COc1cccnc1)C(=O)NC(Cc1ccccc1)C(O)CN1CC2CCCC[C@H]2CC1C(=O)NC(C)(C)C. The first-order chi connectivity index (χ1) is 23.6. The van der Waals surface area contributed by atoms with Crippen LogP contribution in [0.15, 0.2) is 54.9 Å². The number of β-amino-alcohol motifs (C(OH)–C–C–N with tert-alkyl or cyclic N) is 1. The van der Waals surface area contributed by atoms with E-state index >= 15 is 0 Å². The average Bonchev–Trinajstić information content (AvgIpc) is 3.05. The number of likely N-dealkylation sites (tertiary alicyclic amines) is 1. The Morgan fingerprint density at radius 1 is 0.980 bits per heavy atom. The lowest BCUT2D eigenvalue weighted by Crippen LogP contribution is -2.62. The third-order valence-corrected chi connectivity index (χ3v) is 9.87. The Morgan fingerprint density at radius 2 is 1.68 bits per heavy atom. The van der Waals surface area contributed by atoms with E-state index in [0.29, 0.717) is 30.6 Å². The molecule has 1 saturated carbocycles. The smallest absolute Gasteiger partial charge is 0.258 e. The first kappa shape index (κ1) is 39.0. The lowest BCUT2D eigenvalue weighted by atomic mass is 9.72. The minimum atomic E-state index is -1.11. The maximum absolute atomic E-state index is 14.2. The predicted molar refractivity (Wildman–Crippen MR) is 192 cm³/mol. The number of ether oxygens (including phenoxy) is 1. The highest BCUT2D eigenvalue weighted by Crippen LogP contribution is 2.39. The normalized spacial score (nSPS) is 21.5. The molecule has 274 valence electrons. The third kappa shape index (κ3) is 11.6. The number of fused-ring (bicyclic) bond motifs is 1. The minimum absolute atomic E-state index is 0.0420. The Bertz CT molecular complexity index is 1430. The van der Waals surface area contributed by atoms with Crippen LogP contribution in [0.2, 0.25) is 0 Å². The Balaban J connectivity index is 1.57. The standard InChI is InChI=1S/C39H57N5O6/c1-26(45)21-39(5,6)35(42-34(47)25-50-30-17-12-18-40-22-30)37(49)41-31(19-27-13-8-7-9-14-27)33(46)24-44-23-29-16-11-10-15-28(29)20-32(44)36(48)43-38(2,3)4/h7-9,12-14,17-18,22,28-29,31-33,35,46H,10-11,15-16,19-21,23-25H2,1-6H3,(H,41,49)(H,42,47)(H,43,48)/t28-,29?,31?,32?,33?,35+/m0/s1. The second-order valence-electron chi connectivity index (χ2n) is 16.0. The number of Topliss-reactive ketones (excluding diaryl/α,β-unsaturated/α-hetero) is 1. The second-order valence-corrected chi connectivity index (χ2v) is 16.0. The van der Waals surface area contributed by atoms with Gasteiger partial charge in [0.05, 0.1) is 24.4 Å². The zero-order chi connectivity index (χ0) is 36.5. The number of piperidine rings is 1. The van der Waals surface area contributed by atoms with Crippen LogP contribution in [0.25, 0.3) is 0 Å². The summed E-state index contributed by atoms with van der Waals surface area (Å²) in [6, 6.07) is 10.7. The topological polar surface area (TPSA) is 150 Å². The lowest BCUT2D eigenvalue weighted by molar-refractivity contribution is -0.136. The van der Waals surface area contributed by atoms with E-state index in [9.17, 15) is 24.3 Å². The molecule has 2 aliphatic rings. The van der Waals surface area contributed by atoms with Gasteiger partial charge in [-0.05, 0) is 76.5 Å². The first-order valence-electron chi connectivity index (χ1n) is 18.0. The number of hydrogen-bond donors (Lipinski definition) is 4. The number of aliphatic hydroxyl groups excluding tert-OH is 1. The van der Waals surface area contributed by atoms with Crippen LogP contribution in [-0.2, 0) is 25.6 Å². The molecule has 4 rings (SSSR count). The molecule has 1 aromatic heterocycles. The van der Waals surface area contributed by atoms with Crippen molar-refractivity contribution in [3.63, 3.8) is 0 Å². The molecule has 1 aliphatic heterocycles. The molecule has 1 aliphatic carbocycles. The number of carbonyl (C=O) groups excluding carboxylic acids is 4. The summed E-state index contributed by atoms with van der Waals surface area (Å²) >= 11 is 0. The number of nitrogens with one attached hydrogen (secondary N) is 3. The van der Waals surface area contributed by atoms with Crippen LogP contribution < -0.4 is 20.7 Å². The molecule has 2 heterocycles. The van der Waals surface area contributed by atoms with E-state index in [0.717, 1.165) is 24.8 Å². The van der Waals surface area contributed by atoms with Crippen LogP contribution in [0.3, 0.4) is 0 Å². The molecular weight excluding hydrogens is 634 g/mol. The zero-order valence-corrected chi connectivity index (χ0v) is 30.6. The van der Waals surface area contributed by atoms with Crippen molar-refractivity contribution < 1.29 is 29.0 Å². The fourth-order valence-electron chi connectivity index (χ4n) is 7.56. The van der Waals surface area contributed by atoms with E-state index in [2.05, 4.69) is 25.8 Å². The number of aliphatic hydroxyl groups is 1. The van der Waals surface area contributed by atoms with Crippen molar-refractivity contribution in [2.75, 3.05) is 19.7 Å². The van der Waals surface area contributed by atoms with Crippen LogP contribution in [-0.4, -0.2) is 88.0 Å². The van der Waals surface area contributed by atoms with Gasteiger partial charge in [-0.15, -0.1) is 0 Å². The summed E-state index contributed by atoms with van der Waals surface area (Å²) in [5.74, 6) is 0.123. The van der Waals surface area contributed by atoms with E-state index in [-0.39, 0.29) is 31.3 Å². The van der Waals surface area contributed by atoms with Crippen LogP contribution >= 0.6 is 0 Å². The molecule has 2 fully saturated rings. The molecule has 11 heteroatoms. The molecule has 0 bridgehead atoms. The molecular formula is C39H57N5O6. The fraction of sp³-hybridized carbons (Fsp3) is 0.615. The van der Waals surface area contributed by atoms with Gasteiger partial charge in [-0.3, -0.25) is 24.3 Å². The highest BCUT2D eigenvalue weighted by molar-refractivity contribution is 5.90. The molecule has 1 saturated heterocycles. The van der Waals surface area contributed by atoms with Gasteiger partial charge in [0.2, 0.25) is 11.8 Å². The summed E-state index contributed by atoms with van der Waals surface area (Å²) in [5.41, 5.74) is -0.441. The average molecular weight is 692 g/mol. The van der Waals surface area contributed by atoms with Crippen molar-refractivity contribution in [1.82, 2.24) is 25.8 Å². The van der Waals surface area contributed by atoms with Gasteiger partial charge in [-0.1, -0.05) is 63.4 Å². The van der Waals surface area contributed by atoms with Gasteiger partial charge in [0.15, 0.2) is 6.61 Å². The maximum atomic E-state index is 14.2. The Labute approximate surface area is 297 Å². The molecule has 50 heavy (non-hydrogen) atoms. The summed E-state index contributed by atoms with van der Waals surface area (Å²) in [6.45, 7) is 11.4. The molecule has 4 unspecified atom stereocenters. The maximum Gasteiger partial charge on any atom is 0.258 e. The van der Waals surface area contributed by atoms with Gasteiger partial charge < -0.3 is 30.6 Å². The quantitative estimate of drug-likeness (QED) is 0.220. The van der Waals surface area contributed by atoms with Gasteiger partial charge >= 0.3 is 0 Å². The van der Waals surface area contributed by atoms with E-state index in [4.69, 9.17) is 4.74 Å². The number of amides is 3. The third-order valence-electron chi connectivity index (χ3n) is 9.87. The Kier molecular flexibility index (Phi) is 13.6. The van der Waals surface area contributed by atoms with Gasteiger partial charge in [-0.2, -0.15) is 0 Å². The summed E-state index contributed by atoms with van der Waals surface area (Å²) < 4.78 is 5.57. The first-order valence-corrected chi connectivity index (χ1v) is 18.0. The summed E-state index contributed by atoms with van der Waals surface area (Å²) in [7, 11) is 0. The van der Waals surface area contributed by atoms with Crippen LogP contribution in [0, 0.1) is 17.3 Å². The summed E-state index contributed by atoms with van der Waals surface area (Å²) in [5, 5.41) is 21.0. The van der Waals surface area contributed by atoms with Crippen LogP contribution in [0.4, 0.5) is 0 Å². The summed E-state index contributed by atoms with van der Waals surface area (Å²) in [6.07, 6.45) is 7.71. The van der Waals surface area contributed by atoms with Crippen molar-refractivity contribution in [1.29, 1.82) is 0 Å². The molecule has 2 aromatic rings. The van der Waals surface area contributed by atoms with Gasteiger partial charge in [-0.25, -0.2) is 0 Å². The van der Waals surface area contributed by atoms with E-state index < -0.39 is 47.0 Å². The second kappa shape index (κ2) is 17.4. The molecule has 11 nitrogen and oxygen atoms in total. The highest BCUT2D eigenvalue weighted by Gasteiger charge is 2.43. The highest BCUT2D eigenvalue weighted by atomic mass is 16.5. The van der Waals surface area contributed by atoms with Crippen LogP contribution in [0.5, 0.6) is 5.75 Å². The number of aromatic nitrogens is 1. The van der Waals surface area contributed by atoms with Crippen molar-refractivity contribution in [2.45, 2.75) is 116 Å². The van der Waals surface area contributed by atoms with Crippen molar-refractivity contribution in [3.05, 3.63) is 60.4 Å². The fourth-order valence-corrected chi connectivity index (χ4v) is 7.56. The van der Waals surface area contributed by atoms with Crippen molar-refractivity contribution >= 4 is 23.5 Å². The number of carbonyl (C=O) groups is 4. The lowest BCUT2D eigenvalue weighted by Gasteiger charge is -2.47. The zero-order valence-electron chi connectivity index (χ0n) is 30.6. The molecule has 6 atom stereocenters. The van der Waals surface area contributed by atoms with Crippen molar-refractivity contribution in [2.24, 2.45) is 17.3 Å². The van der Waals surface area contributed by atoms with E-state index in [1.54, 1.807) is 32.2 Å². The Morgan fingerprint density at radius 3 is 2.32 bits per heavy atom. The number of ketones is 1. The van der Waals surface area contributed by atoms with Gasteiger partial charge in [0, 0.05) is 36.7 Å². The molecule has 4 N–H and O–H groups in total. The molecule has 1 aromatic carbocycles.